The minimum absolute atomic E-state index is 0.272. The van der Waals surface area contributed by atoms with Gasteiger partial charge in [-0.05, 0) is 39.8 Å². The highest BCUT2D eigenvalue weighted by Gasteiger charge is 2.32. The SMILES string of the molecule is CC(C)OC(=O)[C@@H](C)N[P@](=O)(CO[C@H](C)Cn1cnc2c(N)ncnc21)Oc1ccccc1. The third kappa shape index (κ3) is 6.74. The number of nitrogen functional groups attached to an aromatic ring is 1. The van der Waals surface area contributed by atoms with Crippen molar-refractivity contribution in [3.8, 4) is 5.75 Å². The van der Waals surface area contributed by atoms with Gasteiger partial charge in [0.2, 0.25) is 0 Å². The van der Waals surface area contributed by atoms with E-state index in [9.17, 15) is 9.36 Å². The average Bonchev–Trinajstić information content (AvgIpc) is 3.16. The van der Waals surface area contributed by atoms with Crippen LogP contribution in [0.3, 0.4) is 0 Å². The zero-order chi connectivity index (χ0) is 24.0. The van der Waals surface area contributed by atoms with Crippen LogP contribution in [0.4, 0.5) is 5.82 Å². The second kappa shape index (κ2) is 10.7. The molecule has 11 nitrogen and oxygen atoms in total. The lowest BCUT2D eigenvalue weighted by Crippen LogP contribution is -2.37. The van der Waals surface area contributed by atoms with Gasteiger partial charge in [-0.1, -0.05) is 18.2 Å². The Bertz CT molecular complexity index is 1120. The van der Waals surface area contributed by atoms with E-state index >= 15 is 0 Å². The van der Waals surface area contributed by atoms with Crippen LogP contribution >= 0.6 is 7.52 Å². The molecular weight excluding hydrogens is 447 g/mol. The van der Waals surface area contributed by atoms with Crippen molar-refractivity contribution >= 4 is 30.5 Å². The molecule has 2 heterocycles. The first-order chi connectivity index (χ1) is 15.7. The van der Waals surface area contributed by atoms with Crippen molar-refractivity contribution < 1.29 is 23.4 Å². The van der Waals surface area contributed by atoms with E-state index in [0.717, 1.165) is 0 Å². The van der Waals surface area contributed by atoms with Crippen LogP contribution in [-0.2, 0) is 25.4 Å². The Balaban J connectivity index is 1.70. The van der Waals surface area contributed by atoms with Crippen molar-refractivity contribution in [3.63, 3.8) is 0 Å². The van der Waals surface area contributed by atoms with E-state index in [1.54, 1.807) is 55.9 Å². The number of benzene rings is 1. The highest BCUT2D eigenvalue weighted by molar-refractivity contribution is 7.57. The third-order valence-electron chi connectivity index (χ3n) is 4.50. The number of aromatic nitrogens is 4. The van der Waals surface area contributed by atoms with Gasteiger partial charge in [0.1, 0.15) is 30.0 Å². The zero-order valence-electron chi connectivity index (χ0n) is 19.0. The van der Waals surface area contributed by atoms with E-state index in [2.05, 4.69) is 20.0 Å². The van der Waals surface area contributed by atoms with Crippen LogP contribution in [0.2, 0.25) is 0 Å². The number of anilines is 1. The lowest BCUT2D eigenvalue weighted by atomic mass is 10.3. The topological polar surface area (TPSA) is 143 Å². The van der Waals surface area contributed by atoms with Gasteiger partial charge in [0.25, 0.3) is 0 Å². The Morgan fingerprint density at radius 1 is 1.15 bits per heavy atom. The summed E-state index contributed by atoms with van der Waals surface area (Å²) < 4.78 is 32.2. The van der Waals surface area contributed by atoms with Gasteiger partial charge in [-0.2, -0.15) is 0 Å². The summed E-state index contributed by atoms with van der Waals surface area (Å²) >= 11 is 0. The molecule has 33 heavy (non-hydrogen) atoms. The minimum Gasteiger partial charge on any atom is -0.462 e. The molecule has 0 aliphatic carbocycles. The van der Waals surface area contributed by atoms with Gasteiger partial charge >= 0.3 is 13.5 Å². The normalized spacial score (nSPS) is 15.2. The Morgan fingerprint density at radius 3 is 2.58 bits per heavy atom. The first kappa shape index (κ1) is 24.6. The molecule has 178 valence electrons. The summed E-state index contributed by atoms with van der Waals surface area (Å²) in [6, 6.07) is 7.83. The fraction of sp³-hybridized carbons (Fsp3) is 0.429. The van der Waals surface area contributed by atoms with Gasteiger partial charge in [-0.3, -0.25) is 9.36 Å². The van der Waals surface area contributed by atoms with E-state index < -0.39 is 19.5 Å². The molecule has 0 radical (unpaired) electrons. The minimum atomic E-state index is -3.64. The Hall–Kier alpha value is -3.01. The number of rotatable bonds is 11. The number of para-hydroxylation sites is 1. The van der Waals surface area contributed by atoms with Gasteiger partial charge in [0.05, 0.1) is 25.1 Å². The van der Waals surface area contributed by atoms with Gasteiger partial charge in [-0.25, -0.2) is 20.0 Å². The first-order valence-electron chi connectivity index (χ1n) is 10.5. The second-order valence-corrected chi connectivity index (χ2v) is 9.89. The fourth-order valence-electron chi connectivity index (χ4n) is 3.01. The Kier molecular flexibility index (Phi) is 8.01. The monoisotopic (exact) mass is 476 g/mol. The van der Waals surface area contributed by atoms with Crippen molar-refractivity contribution in [2.24, 2.45) is 0 Å². The molecule has 0 aliphatic heterocycles. The number of hydrogen-bond acceptors (Lipinski definition) is 9. The Morgan fingerprint density at radius 2 is 1.88 bits per heavy atom. The molecule has 0 saturated carbocycles. The van der Waals surface area contributed by atoms with Gasteiger partial charge in [0, 0.05) is 0 Å². The van der Waals surface area contributed by atoms with Crippen LogP contribution < -0.4 is 15.3 Å². The molecule has 0 saturated heterocycles. The summed E-state index contributed by atoms with van der Waals surface area (Å²) in [6.45, 7) is 7.25. The van der Waals surface area contributed by atoms with E-state index in [1.807, 2.05) is 13.0 Å². The number of ether oxygens (including phenoxy) is 2. The number of hydrogen-bond donors (Lipinski definition) is 2. The van der Waals surface area contributed by atoms with Crippen molar-refractivity contribution in [2.75, 3.05) is 12.1 Å². The molecule has 3 aromatic rings. The Labute approximate surface area is 192 Å². The zero-order valence-corrected chi connectivity index (χ0v) is 19.9. The molecule has 1 aromatic carbocycles. The molecule has 0 aliphatic rings. The standard InChI is InChI=1S/C21H29N6O5P/c1-14(2)31-21(28)16(4)26-33(29,32-17-8-6-5-7-9-17)13-30-15(3)10-27-12-25-18-19(22)23-11-24-20(18)27/h5-9,11-12,14-16H,10,13H2,1-4H3,(H,26,29)(H2,22,23,24)/t15-,16-,33+/m1/s1. The number of esters is 1. The number of nitrogens with zero attached hydrogens (tertiary/aromatic N) is 4. The summed E-state index contributed by atoms with van der Waals surface area (Å²) in [5.74, 6) is 0.151. The number of carbonyl (C=O) groups is 1. The number of imidazole rings is 1. The highest BCUT2D eigenvalue weighted by Crippen LogP contribution is 2.44. The molecule has 2 aromatic heterocycles. The maximum Gasteiger partial charge on any atom is 0.342 e. The average molecular weight is 476 g/mol. The third-order valence-corrected chi connectivity index (χ3v) is 6.28. The number of fused-ring (bicyclic) bond motifs is 1. The molecule has 0 fully saturated rings. The molecule has 12 heteroatoms. The number of carbonyl (C=O) groups excluding carboxylic acids is 1. The summed E-state index contributed by atoms with van der Waals surface area (Å²) in [6.07, 6.45) is 2.01. The maximum atomic E-state index is 13.6. The lowest BCUT2D eigenvalue weighted by molar-refractivity contribution is -0.149. The van der Waals surface area contributed by atoms with Crippen molar-refractivity contribution in [1.82, 2.24) is 24.6 Å². The van der Waals surface area contributed by atoms with Crippen LogP contribution in [0.5, 0.6) is 5.75 Å². The molecule has 0 amide bonds. The van der Waals surface area contributed by atoms with E-state index in [4.69, 9.17) is 19.7 Å². The summed E-state index contributed by atoms with van der Waals surface area (Å²) in [7, 11) is -3.64. The number of nitrogens with one attached hydrogen (secondary N) is 1. The summed E-state index contributed by atoms with van der Waals surface area (Å²) in [4.78, 5) is 24.6. The van der Waals surface area contributed by atoms with Crippen molar-refractivity contribution in [2.45, 2.75) is 52.5 Å². The maximum absolute atomic E-state index is 13.6. The summed E-state index contributed by atoms with van der Waals surface area (Å²) in [5.41, 5.74) is 6.91. The van der Waals surface area contributed by atoms with Crippen molar-refractivity contribution in [1.29, 1.82) is 0 Å². The van der Waals surface area contributed by atoms with Crippen LogP contribution in [0, 0.1) is 0 Å². The molecule has 0 spiro atoms. The van der Waals surface area contributed by atoms with Crippen LogP contribution in [0.25, 0.3) is 11.2 Å². The van der Waals surface area contributed by atoms with Gasteiger partial charge < -0.3 is 24.3 Å². The van der Waals surface area contributed by atoms with Gasteiger partial charge in [0.15, 0.2) is 11.5 Å². The predicted molar refractivity (Wildman–Crippen MR) is 124 cm³/mol. The first-order valence-corrected chi connectivity index (χ1v) is 12.3. The van der Waals surface area contributed by atoms with E-state index in [1.165, 1.54) is 6.33 Å². The van der Waals surface area contributed by atoms with Crippen LogP contribution in [0.1, 0.15) is 27.7 Å². The van der Waals surface area contributed by atoms with Crippen LogP contribution in [0.15, 0.2) is 43.0 Å². The lowest BCUT2D eigenvalue weighted by Gasteiger charge is -2.25. The van der Waals surface area contributed by atoms with Crippen LogP contribution in [-0.4, -0.2) is 50.1 Å². The molecule has 3 N–H and O–H groups in total. The summed E-state index contributed by atoms with van der Waals surface area (Å²) in [5, 5.41) is 2.78. The predicted octanol–water partition coefficient (Wildman–Crippen LogP) is 2.97. The fourth-order valence-corrected chi connectivity index (χ4v) is 4.80. The molecular formula is C21H29N6O5P. The molecule has 0 bridgehead atoms. The van der Waals surface area contributed by atoms with E-state index in [-0.39, 0.29) is 18.6 Å². The van der Waals surface area contributed by atoms with Crippen molar-refractivity contribution in [3.05, 3.63) is 43.0 Å². The quantitative estimate of drug-likeness (QED) is 0.313. The van der Waals surface area contributed by atoms with Gasteiger partial charge in [-0.15, -0.1) is 0 Å². The largest absolute Gasteiger partial charge is 0.462 e. The number of nitrogens with two attached hydrogens (primary N) is 1. The molecule has 0 unspecified atom stereocenters. The smallest absolute Gasteiger partial charge is 0.342 e. The highest BCUT2D eigenvalue weighted by atomic mass is 31.2. The second-order valence-electron chi connectivity index (χ2n) is 7.85. The molecule has 3 atom stereocenters. The molecule has 3 rings (SSSR count). The van der Waals surface area contributed by atoms with E-state index in [0.29, 0.717) is 29.3 Å².